The Balaban J connectivity index is 2.14. The molecule has 0 aromatic heterocycles. The third-order valence-electron chi connectivity index (χ3n) is 2.65. The van der Waals surface area contributed by atoms with Crippen molar-refractivity contribution in [2.24, 2.45) is 5.92 Å². The molecule has 1 atom stereocenters. The molecule has 1 fully saturated rings. The molecule has 1 saturated heterocycles. The lowest BCUT2D eigenvalue weighted by atomic mass is 10.2. The van der Waals surface area contributed by atoms with Crippen LogP contribution in [0.15, 0.2) is 33.6 Å². The van der Waals surface area contributed by atoms with Gasteiger partial charge in [-0.05, 0) is 36.6 Å². The van der Waals surface area contributed by atoms with Crippen LogP contribution in [0.1, 0.15) is 6.42 Å². The Kier molecular flexibility index (Phi) is 3.66. The smallest absolute Gasteiger partial charge is 0.178 e. The lowest BCUT2D eigenvalue weighted by Crippen LogP contribution is -2.16. The molecule has 2 rings (SSSR count). The minimum Gasteiger partial charge on any atom is -0.381 e. The van der Waals surface area contributed by atoms with Crippen LogP contribution >= 0.6 is 15.9 Å². The number of halogens is 1. The second-order valence-electron chi connectivity index (χ2n) is 3.96. The van der Waals surface area contributed by atoms with Gasteiger partial charge in [-0.25, -0.2) is 8.42 Å². The highest BCUT2D eigenvalue weighted by atomic mass is 79.9. The molecule has 1 aliphatic rings. The van der Waals surface area contributed by atoms with Gasteiger partial charge in [-0.1, -0.05) is 15.9 Å². The summed E-state index contributed by atoms with van der Waals surface area (Å²) in [6.45, 7) is 1.25. The molecule has 5 heteroatoms. The van der Waals surface area contributed by atoms with E-state index in [1.54, 1.807) is 24.3 Å². The largest absolute Gasteiger partial charge is 0.381 e. The quantitative estimate of drug-likeness (QED) is 0.860. The van der Waals surface area contributed by atoms with E-state index in [-0.39, 0.29) is 11.7 Å². The topological polar surface area (TPSA) is 43.4 Å². The Morgan fingerprint density at radius 1 is 1.31 bits per heavy atom. The number of hydrogen-bond acceptors (Lipinski definition) is 3. The molecule has 1 aromatic carbocycles. The molecule has 0 radical (unpaired) electrons. The predicted octanol–water partition coefficient (Wildman–Crippen LogP) is 2.26. The molecule has 1 aliphatic heterocycles. The third-order valence-corrected chi connectivity index (χ3v) is 5.08. The zero-order valence-electron chi connectivity index (χ0n) is 8.73. The minimum absolute atomic E-state index is 0.147. The molecule has 1 heterocycles. The first-order valence-electron chi connectivity index (χ1n) is 5.14. The number of rotatable bonds is 3. The first-order valence-corrected chi connectivity index (χ1v) is 7.58. The lowest BCUT2D eigenvalue weighted by molar-refractivity contribution is 0.188. The van der Waals surface area contributed by atoms with Crippen LogP contribution in [0.4, 0.5) is 0 Å². The molecule has 0 N–H and O–H groups in total. The van der Waals surface area contributed by atoms with Gasteiger partial charge in [0.1, 0.15) is 0 Å². The molecule has 0 spiro atoms. The van der Waals surface area contributed by atoms with Crippen LogP contribution in [0.2, 0.25) is 0 Å². The van der Waals surface area contributed by atoms with Crippen molar-refractivity contribution in [1.29, 1.82) is 0 Å². The van der Waals surface area contributed by atoms with Crippen molar-refractivity contribution in [3.05, 3.63) is 28.7 Å². The fraction of sp³-hybridized carbons (Fsp3) is 0.455. The molecule has 16 heavy (non-hydrogen) atoms. The Hall–Kier alpha value is -0.390. The van der Waals surface area contributed by atoms with Crippen LogP contribution in [0.5, 0.6) is 0 Å². The van der Waals surface area contributed by atoms with E-state index in [4.69, 9.17) is 4.74 Å². The first kappa shape index (κ1) is 12.1. The maximum atomic E-state index is 12.0. The summed E-state index contributed by atoms with van der Waals surface area (Å²) in [5.74, 6) is 0.336. The highest BCUT2D eigenvalue weighted by Crippen LogP contribution is 2.21. The normalized spacial score (nSPS) is 21.2. The lowest BCUT2D eigenvalue weighted by Gasteiger charge is -2.08. The summed E-state index contributed by atoms with van der Waals surface area (Å²) in [5, 5.41) is 0. The van der Waals surface area contributed by atoms with Crippen molar-refractivity contribution in [2.45, 2.75) is 11.3 Å². The monoisotopic (exact) mass is 304 g/mol. The van der Waals surface area contributed by atoms with Gasteiger partial charge in [0, 0.05) is 11.1 Å². The van der Waals surface area contributed by atoms with E-state index in [1.165, 1.54) is 0 Å². The Bertz CT molecular complexity index is 447. The zero-order valence-corrected chi connectivity index (χ0v) is 11.1. The van der Waals surface area contributed by atoms with Gasteiger partial charge in [0.15, 0.2) is 9.84 Å². The summed E-state index contributed by atoms with van der Waals surface area (Å²) in [6.07, 6.45) is 0.843. The number of ether oxygens (including phenoxy) is 1. The van der Waals surface area contributed by atoms with Crippen molar-refractivity contribution < 1.29 is 13.2 Å². The maximum absolute atomic E-state index is 12.0. The number of benzene rings is 1. The van der Waals surface area contributed by atoms with Crippen LogP contribution in [-0.2, 0) is 14.6 Å². The number of sulfone groups is 1. The Morgan fingerprint density at radius 3 is 2.56 bits per heavy atom. The number of hydrogen-bond donors (Lipinski definition) is 0. The van der Waals surface area contributed by atoms with E-state index in [9.17, 15) is 8.42 Å². The van der Waals surface area contributed by atoms with Gasteiger partial charge >= 0.3 is 0 Å². The molecule has 0 saturated carbocycles. The Morgan fingerprint density at radius 2 is 2.00 bits per heavy atom. The van der Waals surface area contributed by atoms with E-state index < -0.39 is 9.84 Å². The van der Waals surface area contributed by atoms with Gasteiger partial charge in [-0.2, -0.15) is 0 Å². The van der Waals surface area contributed by atoms with E-state index in [2.05, 4.69) is 15.9 Å². The van der Waals surface area contributed by atoms with Crippen LogP contribution in [-0.4, -0.2) is 27.4 Å². The van der Waals surface area contributed by atoms with Crippen LogP contribution in [0, 0.1) is 5.92 Å². The fourth-order valence-corrected chi connectivity index (χ4v) is 3.65. The first-order chi connectivity index (χ1) is 7.58. The van der Waals surface area contributed by atoms with Gasteiger partial charge in [0.2, 0.25) is 0 Å². The van der Waals surface area contributed by atoms with Crippen molar-refractivity contribution >= 4 is 25.8 Å². The van der Waals surface area contributed by atoms with Crippen molar-refractivity contribution in [3.8, 4) is 0 Å². The molecule has 88 valence electrons. The van der Waals surface area contributed by atoms with Gasteiger partial charge in [-0.3, -0.25) is 0 Å². The summed E-state index contributed by atoms with van der Waals surface area (Å²) in [7, 11) is -3.16. The standard InChI is InChI=1S/C11H13BrO3S/c12-10-1-3-11(4-2-10)16(13,14)8-9-5-6-15-7-9/h1-4,9H,5-8H2/t9-/m1/s1. The van der Waals surface area contributed by atoms with Gasteiger partial charge in [0.05, 0.1) is 17.3 Å². The Labute approximate surface area is 104 Å². The van der Waals surface area contributed by atoms with E-state index >= 15 is 0 Å². The van der Waals surface area contributed by atoms with Crippen LogP contribution in [0.25, 0.3) is 0 Å². The van der Waals surface area contributed by atoms with Gasteiger partial charge < -0.3 is 4.74 Å². The molecule has 0 unspecified atom stereocenters. The summed E-state index contributed by atoms with van der Waals surface area (Å²) < 4.78 is 30.1. The minimum atomic E-state index is -3.16. The average Bonchev–Trinajstić information content (AvgIpc) is 2.70. The summed E-state index contributed by atoms with van der Waals surface area (Å²) in [5.41, 5.74) is 0. The second-order valence-corrected chi connectivity index (χ2v) is 6.91. The molecule has 0 bridgehead atoms. The van der Waals surface area contributed by atoms with Crippen LogP contribution in [0.3, 0.4) is 0 Å². The van der Waals surface area contributed by atoms with E-state index in [0.29, 0.717) is 18.1 Å². The third kappa shape index (κ3) is 2.84. The molecule has 1 aromatic rings. The predicted molar refractivity (Wildman–Crippen MR) is 65.1 cm³/mol. The highest BCUT2D eigenvalue weighted by molar-refractivity contribution is 9.10. The van der Waals surface area contributed by atoms with Crippen molar-refractivity contribution in [1.82, 2.24) is 0 Å². The molecular weight excluding hydrogens is 292 g/mol. The molecular formula is C11H13BrO3S. The SMILES string of the molecule is O=S(=O)(C[C@@H]1CCOC1)c1ccc(Br)cc1. The van der Waals surface area contributed by atoms with Crippen LogP contribution < -0.4 is 0 Å². The summed E-state index contributed by atoms with van der Waals surface area (Å²) in [6, 6.07) is 6.76. The summed E-state index contributed by atoms with van der Waals surface area (Å²) >= 11 is 3.29. The van der Waals surface area contributed by atoms with E-state index in [0.717, 1.165) is 10.9 Å². The van der Waals surface area contributed by atoms with Gasteiger partial charge in [-0.15, -0.1) is 0 Å². The zero-order chi connectivity index (χ0) is 11.6. The van der Waals surface area contributed by atoms with E-state index in [1.807, 2.05) is 0 Å². The van der Waals surface area contributed by atoms with Crippen molar-refractivity contribution in [2.75, 3.05) is 19.0 Å². The van der Waals surface area contributed by atoms with Gasteiger partial charge in [0.25, 0.3) is 0 Å². The molecule has 0 amide bonds. The maximum Gasteiger partial charge on any atom is 0.178 e. The highest BCUT2D eigenvalue weighted by Gasteiger charge is 2.24. The molecule has 0 aliphatic carbocycles. The van der Waals surface area contributed by atoms with Crippen molar-refractivity contribution in [3.63, 3.8) is 0 Å². The fourth-order valence-electron chi connectivity index (χ4n) is 1.76. The average molecular weight is 305 g/mol. The second kappa shape index (κ2) is 4.85. The molecule has 3 nitrogen and oxygen atoms in total. The summed E-state index contributed by atoms with van der Waals surface area (Å²) in [4.78, 5) is 0.391.